The lowest BCUT2D eigenvalue weighted by Gasteiger charge is -2.59. The summed E-state index contributed by atoms with van der Waals surface area (Å²) in [4.78, 5) is 52.7. The van der Waals surface area contributed by atoms with Crippen molar-refractivity contribution in [1.82, 2.24) is 0 Å². The first kappa shape index (κ1) is 24.7. The molecule has 0 radical (unpaired) electrons. The molecule has 12 heteroatoms. The lowest BCUT2D eigenvalue weighted by Crippen LogP contribution is -3.13. The van der Waals surface area contributed by atoms with Crippen LogP contribution in [0, 0.1) is 15.4 Å². The molecule has 0 bridgehead atoms. The number of hydrogen-bond acceptors (Lipinski definition) is 9. The van der Waals surface area contributed by atoms with Gasteiger partial charge in [-0.05, 0) is 48.1 Å². The average Bonchev–Trinajstić information content (AvgIpc) is 2.72. The van der Waals surface area contributed by atoms with Crippen molar-refractivity contribution in [3.63, 3.8) is 0 Å². The topological polar surface area (TPSA) is 203 Å². The number of ketones is 3. The lowest BCUT2D eigenvalue weighted by atomic mass is 9.49. The number of aromatic hydroxyl groups is 1. The summed E-state index contributed by atoms with van der Waals surface area (Å²) in [6, 6.07) is 1.28. The summed E-state index contributed by atoms with van der Waals surface area (Å²) in [6.07, 6.45) is -0.498. The van der Waals surface area contributed by atoms with E-state index in [0.29, 0.717) is 8.47 Å². The molecule has 0 spiro atoms. The van der Waals surface area contributed by atoms with Crippen LogP contribution >= 0.6 is 22.6 Å². The fraction of sp³-hybridized carbons (Fsp3) is 0.455. The largest absolute Gasteiger partial charge is 0.873 e. The zero-order chi connectivity index (χ0) is 25.7. The van der Waals surface area contributed by atoms with E-state index in [1.807, 2.05) is 22.6 Å². The Hall–Kier alpha value is -2.39. The highest BCUT2D eigenvalue weighted by atomic mass is 127. The van der Waals surface area contributed by atoms with Crippen LogP contribution in [0.2, 0.25) is 0 Å². The standard InChI is InChI=1S/C22H23IN2O9/c1-20(32)10-6-7-14(25(2)3)15(27)12(18(24)30)17(29)21(7,33)19(31)22(10,34)16(28)11-9(26)5-4-8(23)13(11)20/h4-5,7,10,14,26,29,32-34H,6H2,1-3H3,(H2,24,30)/t7-,10+,14-,20-,21+,22?/m0/s1. The van der Waals surface area contributed by atoms with Crippen LogP contribution in [0.1, 0.15) is 29.3 Å². The van der Waals surface area contributed by atoms with Crippen molar-refractivity contribution >= 4 is 45.8 Å². The molecule has 3 aliphatic rings. The molecule has 1 aromatic rings. The van der Waals surface area contributed by atoms with Crippen LogP contribution in [0.3, 0.4) is 0 Å². The van der Waals surface area contributed by atoms with E-state index in [9.17, 15) is 44.7 Å². The van der Waals surface area contributed by atoms with Gasteiger partial charge in [0.15, 0.2) is 11.6 Å². The normalized spacial score (nSPS) is 37.4. The fourth-order valence-electron chi connectivity index (χ4n) is 5.95. The van der Waals surface area contributed by atoms with Crippen LogP contribution in [0.4, 0.5) is 0 Å². The Balaban J connectivity index is 2.07. The van der Waals surface area contributed by atoms with Crippen molar-refractivity contribution in [3.05, 3.63) is 38.2 Å². The second-order valence-electron chi connectivity index (χ2n) is 9.54. The highest BCUT2D eigenvalue weighted by molar-refractivity contribution is 14.1. The number of phenolic OH excluding ortho intramolecular Hbond substituents is 1. The number of fused-ring (bicyclic) bond motifs is 3. The molecule has 3 aliphatic carbocycles. The number of primary amides is 1. The molecular weight excluding hydrogens is 563 g/mol. The second kappa shape index (κ2) is 7.31. The quantitative estimate of drug-likeness (QED) is 0.114. The first-order valence-electron chi connectivity index (χ1n) is 10.4. The number of benzene rings is 1. The van der Waals surface area contributed by atoms with Gasteiger partial charge < -0.3 is 36.2 Å². The van der Waals surface area contributed by atoms with Crippen LogP contribution in [-0.4, -0.2) is 75.0 Å². The van der Waals surface area contributed by atoms with Crippen LogP contribution < -0.4 is 15.7 Å². The molecule has 6 atom stereocenters. The number of amides is 1. The third-order valence-electron chi connectivity index (χ3n) is 7.49. The molecule has 0 aliphatic heterocycles. The number of aliphatic hydroxyl groups is 3. The van der Waals surface area contributed by atoms with Gasteiger partial charge in [0.25, 0.3) is 5.91 Å². The van der Waals surface area contributed by atoms with Crippen LogP contribution in [-0.2, 0) is 20.0 Å². The van der Waals surface area contributed by atoms with E-state index < -0.39 is 87.0 Å². The minimum atomic E-state index is -3.13. The van der Waals surface area contributed by atoms with E-state index in [-0.39, 0.29) is 5.56 Å². The molecule has 1 fully saturated rings. The Morgan fingerprint density at radius 3 is 2.29 bits per heavy atom. The molecule has 7 N–H and O–H groups in total. The van der Waals surface area contributed by atoms with Crippen LogP contribution in [0.15, 0.2) is 23.5 Å². The van der Waals surface area contributed by atoms with Crippen molar-refractivity contribution in [2.75, 3.05) is 14.1 Å². The van der Waals surface area contributed by atoms with Crippen molar-refractivity contribution in [1.29, 1.82) is 0 Å². The maximum absolute atomic E-state index is 13.8. The van der Waals surface area contributed by atoms with Gasteiger partial charge in [0.1, 0.15) is 11.4 Å². The third kappa shape index (κ3) is 2.71. The van der Waals surface area contributed by atoms with Crippen LogP contribution in [0.5, 0.6) is 5.75 Å². The Bertz CT molecular complexity index is 1220. The van der Waals surface area contributed by atoms with Crippen molar-refractivity contribution in [2.45, 2.75) is 36.2 Å². The van der Waals surface area contributed by atoms with E-state index in [2.05, 4.69) is 0 Å². The summed E-state index contributed by atoms with van der Waals surface area (Å²) in [5.74, 6) is -10.6. The maximum Gasteiger partial charge on any atom is 0.251 e. The second-order valence-corrected chi connectivity index (χ2v) is 10.7. The Kier molecular flexibility index (Phi) is 5.31. The van der Waals surface area contributed by atoms with E-state index >= 15 is 0 Å². The molecular formula is C22H23IN2O9. The number of hydrogen-bond donors (Lipinski definition) is 6. The molecule has 1 aromatic carbocycles. The number of carbonyl (C=O) groups is 4. The van der Waals surface area contributed by atoms with E-state index in [1.165, 1.54) is 27.1 Å². The van der Waals surface area contributed by atoms with Gasteiger partial charge in [0.2, 0.25) is 17.3 Å². The summed E-state index contributed by atoms with van der Waals surface area (Å²) in [5, 5.41) is 58.2. The number of phenols is 1. The summed E-state index contributed by atoms with van der Waals surface area (Å²) in [6.45, 7) is 1.25. The van der Waals surface area contributed by atoms with E-state index in [1.54, 1.807) is 0 Å². The maximum atomic E-state index is 13.8. The SMILES string of the molecule is C[NH+](C)[C@@H]1C(=O)C(C(N)=O)=C([O-])[C@@]2(O)C(=O)C3(O)C(=O)c4c(O)ccc(I)c4[C@@](C)(O)[C@H]3C[C@@H]12. The minimum Gasteiger partial charge on any atom is -0.873 e. The van der Waals surface area contributed by atoms with Crippen LogP contribution in [0.25, 0.3) is 0 Å². The number of quaternary nitrogens is 1. The zero-order valence-corrected chi connectivity index (χ0v) is 20.5. The number of nitrogens with two attached hydrogens (primary N) is 1. The van der Waals surface area contributed by atoms with Gasteiger partial charge in [-0.2, -0.15) is 0 Å². The van der Waals surface area contributed by atoms with Crippen molar-refractivity contribution in [2.24, 2.45) is 17.6 Å². The fourth-order valence-corrected chi connectivity index (χ4v) is 6.95. The number of halogens is 1. The summed E-state index contributed by atoms with van der Waals surface area (Å²) in [5.41, 5.74) is -4.77. The van der Waals surface area contributed by atoms with Gasteiger partial charge in [0, 0.05) is 15.1 Å². The van der Waals surface area contributed by atoms with Gasteiger partial charge in [-0.25, -0.2) is 0 Å². The van der Waals surface area contributed by atoms with E-state index in [0.717, 1.165) is 6.07 Å². The molecule has 11 nitrogen and oxygen atoms in total. The summed E-state index contributed by atoms with van der Waals surface area (Å²) in [7, 11) is 3.01. The molecule has 0 heterocycles. The average molecular weight is 586 g/mol. The summed E-state index contributed by atoms with van der Waals surface area (Å²) >= 11 is 1.83. The Labute approximate surface area is 207 Å². The van der Waals surface area contributed by atoms with Crippen molar-refractivity contribution in [3.8, 4) is 5.75 Å². The van der Waals surface area contributed by atoms with Gasteiger partial charge in [0.05, 0.1) is 36.8 Å². The number of carbonyl (C=O) groups excluding carboxylic acids is 4. The van der Waals surface area contributed by atoms with Gasteiger partial charge >= 0.3 is 0 Å². The number of likely N-dealkylation sites (N-methyl/N-ethyl adjacent to an activating group) is 1. The predicted octanol–water partition coefficient (Wildman–Crippen LogP) is -3.74. The number of rotatable bonds is 2. The Morgan fingerprint density at radius 2 is 1.76 bits per heavy atom. The molecule has 0 aromatic heterocycles. The van der Waals surface area contributed by atoms with Gasteiger partial charge in [-0.1, -0.05) is 5.76 Å². The first-order valence-corrected chi connectivity index (χ1v) is 11.5. The van der Waals surface area contributed by atoms with Crippen molar-refractivity contribution < 1.29 is 49.6 Å². The minimum absolute atomic E-state index is 0.0161. The van der Waals surface area contributed by atoms with E-state index in [4.69, 9.17) is 5.73 Å². The molecule has 1 unspecified atom stereocenters. The molecule has 182 valence electrons. The third-order valence-corrected chi connectivity index (χ3v) is 8.39. The molecule has 1 saturated carbocycles. The molecule has 4 rings (SSSR count). The summed E-state index contributed by atoms with van der Waals surface area (Å²) < 4.78 is 0.369. The predicted molar refractivity (Wildman–Crippen MR) is 119 cm³/mol. The molecule has 1 amide bonds. The highest BCUT2D eigenvalue weighted by Gasteiger charge is 2.74. The first-order chi connectivity index (χ1) is 15.5. The lowest BCUT2D eigenvalue weighted by molar-refractivity contribution is -0.881. The highest BCUT2D eigenvalue weighted by Crippen LogP contribution is 2.57. The Morgan fingerprint density at radius 1 is 1.18 bits per heavy atom. The number of nitrogens with one attached hydrogen (secondary N) is 1. The monoisotopic (exact) mass is 586 g/mol. The zero-order valence-electron chi connectivity index (χ0n) is 18.4. The van der Waals surface area contributed by atoms with Gasteiger partial charge in [-0.15, -0.1) is 0 Å². The number of Topliss-reactive ketones (excluding diaryl/α,β-unsaturated/α-hetero) is 3. The smallest absolute Gasteiger partial charge is 0.251 e. The van der Waals surface area contributed by atoms with Gasteiger partial charge in [-0.3, -0.25) is 19.2 Å². The molecule has 0 saturated heterocycles. The molecule has 34 heavy (non-hydrogen) atoms.